The predicted molar refractivity (Wildman–Crippen MR) is 240 cm³/mol. The van der Waals surface area contributed by atoms with E-state index in [9.17, 15) is 24.3 Å². The van der Waals surface area contributed by atoms with Crippen LogP contribution < -0.4 is 15.5 Å². The van der Waals surface area contributed by atoms with Gasteiger partial charge >= 0.3 is 0 Å². The molecule has 2 aliphatic heterocycles. The average Bonchev–Trinajstić information content (AvgIpc) is 3.69. The number of phenolic OH excluding ortho intramolecular Hbond substituents is 1. The van der Waals surface area contributed by atoms with Gasteiger partial charge in [0.05, 0.1) is 5.56 Å². The Morgan fingerprint density at radius 3 is 2.23 bits per heavy atom. The maximum Gasteiger partial charge on any atom is 0.255 e. The Morgan fingerprint density at radius 1 is 0.950 bits per heavy atom. The third-order valence-corrected chi connectivity index (χ3v) is 13.3. The van der Waals surface area contributed by atoms with E-state index >= 15 is 0 Å². The lowest BCUT2D eigenvalue weighted by Crippen LogP contribution is -2.48. The molecule has 2 fully saturated rings. The van der Waals surface area contributed by atoms with Crippen LogP contribution >= 0.6 is 0 Å². The minimum atomic E-state index is -0.806. The number of nitrogens with one attached hydrogen (secondary N) is 2. The van der Waals surface area contributed by atoms with E-state index in [0.29, 0.717) is 29.3 Å². The second kappa shape index (κ2) is 20.3. The first kappa shape index (κ1) is 44.2. The summed E-state index contributed by atoms with van der Waals surface area (Å²) in [6.07, 6.45) is 14.2. The summed E-state index contributed by atoms with van der Waals surface area (Å²) in [4.78, 5) is 55.8. The molecule has 318 valence electrons. The highest BCUT2D eigenvalue weighted by Crippen LogP contribution is 2.39. The number of piperidine rings is 1. The van der Waals surface area contributed by atoms with Crippen LogP contribution in [0.3, 0.4) is 0 Å². The lowest BCUT2D eigenvalue weighted by atomic mass is 9.76. The van der Waals surface area contributed by atoms with Crippen molar-refractivity contribution in [2.75, 3.05) is 32.1 Å². The molecule has 3 atom stereocenters. The van der Waals surface area contributed by atoms with Crippen LogP contribution in [0.1, 0.15) is 113 Å². The van der Waals surface area contributed by atoms with Gasteiger partial charge in [-0.15, -0.1) is 0 Å². The molecule has 3 aromatic carbocycles. The van der Waals surface area contributed by atoms with Gasteiger partial charge in [0.25, 0.3) is 5.91 Å². The van der Waals surface area contributed by atoms with Gasteiger partial charge in [0.1, 0.15) is 18.1 Å². The summed E-state index contributed by atoms with van der Waals surface area (Å²) in [7, 11) is 3.06. The summed E-state index contributed by atoms with van der Waals surface area (Å²) >= 11 is 0. The minimum Gasteiger partial charge on any atom is -0.508 e. The van der Waals surface area contributed by atoms with Crippen molar-refractivity contribution in [3.05, 3.63) is 131 Å². The van der Waals surface area contributed by atoms with Crippen molar-refractivity contribution in [3.63, 3.8) is 0 Å². The van der Waals surface area contributed by atoms with Crippen LogP contribution in [0.15, 0.2) is 91.6 Å². The van der Waals surface area contributed by atoms with Gasteiger partial charge in [-0.25, -0.2) is 0 Å². The fraction of sp³-hybridized carbons (Fsp3) is 0.440. The number of amides is 2. The minimum absolute atomic E-state index is 0.0929. The molecule has 1 aliphatic carbocycles. The van der Waals surface area contributed by atoms with Crippen LogP contribution in [-0.2, 0) is 22.7 Å². The SMILES string of the molecule is C=C/C=C\C(=C)[C@@H](C)[C@H](c1ccc(N2CCC(NC3CCC(N4Cc5cc(C=O)c(C(=O)N(C)C(CCC=O)C(=O)NC)cc5C4)CC3)CC2)cc1)c1ccc(O)cc1C. The largest absolute Gasteiger partial charge is 0.508 e. The quantitative estimate of drug-likeness (QED) is 0.0941. The van der Waals surface area contributed by atoms with Gasteiger partial charge in [0, 0.05) is 82.0 Å². The molecule has 0 radical (unpaired) electrons. The number of carbonyl (C=O) groups is 4. The van der Waals surface area contributed by atoms with Gasteiger partial charge in [-0.3, -0.25) is 19.3 Å². The van der Waals surface area contributed by atoms with Gasteiger partial charge < -0.3 is 30.3 Å². The molecule has 10 nitrogen and oxygen atoms in total. The molecule has 0 spiro atoms. The number of likely N-dealkylation sites (N-methyl/N-ethyl adjacent to an activating group) is 2. The van der Waals surface area contributed by atoms with Crippen LogP contribution in [0.2, 0.25) is 0 Å². The zero-order chi connectivity index (χ0) is 42.9. The van der Waals surface area contributed by atoms with E-state index in [1.807, 2.05) is 36.4 Å². The normalized spacial score (nSPS) is 19.9. The number of hydrogen-bond donors (Lipinski definition) is 3. The number of rotatable bonds is 17. The predicted octanol–water partition coefficient (Wildman–Crippen LogP) is 7.63. The maximum absolute atomic E-state index is 13.6. The molecule has 0 aromatic heterocycles. The van der Waals surface area contributed by atoms with Crippen molar-refractivity contribution in [1.82, 2.24) is 20.4 Å². The molecular formula is C50H63N5O5. The molecule has 2 amide bonds. The van der Waals surface area contributed by atoms with Crippen LogP contribution in [0.25, 0.3) is 0 Å². The molecule has 1 saturated heterocycles. The number of fused-ring (bicyclic) bond motifs is 1. The van der Waals surface area contributed by atoms with Crippen LogP contribution in [0.4, 0.5) is 5.69 Å². The van der Waals surface area contributed by atoms with Gasteiger partial charge in [-0.2, -0.15) is 0 Å². The van der Waals surface area contributed by atoms with Crippen molar-refractivity contribution in [3.8, 4) is 5.75 Å². The first-order valence-electron chi connectivity index (χ1n) is 21.6. The molecule has 2 heterocycles. The molecule has 3 N–H and O–H groups in total. The van der Waals surface area contributed by atoms with Gasteiger partial charge in [0.2, 0.25) is 5.91 Å². The Kier molecular flexibility index (Phi) is 15.0. The Hall–Kier alpha value is -5.32. The number of aryl methyl sites for hydroxylation is 1. The number of allylic oxidation sites excluding steroid dienone is 4. The summed E-state index contributed by atoms with van der Waals surface area (Å²) < 4.78 is 0. The third kappa shape index (κ3) is 10.2. The molecule has 60 heavy (non-hydrogen) atoms. The van der Waals surface area contributed by atoms with E-state index in [1.54, 1.807) is 19.2 Å². The first-order chi connectivity index (χ1) is 29.0. The molecule has 1 saturated carbocycles. The van der Waals surface area contributed by atoms with Crippen molar-refractivity contribution >= 4 is 30.1 Å². The topological polar surface area (TPSA) is 122 Å². The second-order valence-corrected chi connectivity index (χ2v) is 17.0. The number of nitrogens with zero attached hydrogens (tertiary/aromatic N) is 3. The van der Waals surface area contributed by atoms with Crippen LogP contribution in [0.5, 0.6) is 5.75 Å². The molecular weight excluding hydrogens is 751 g/mol. The Bertz CT molecular complexity index is 2060. The third-order valence-electron chi connectivity index (χ3n) is 13.3. The summed E-state index contributed by atoms with van der Waals surface area (Å²) in [5.41, 5.74) is 8.51. The smallest absolute Gasteiger partial charge is 0.255 e. The van der Waals surface area contributed by atoms with E-state index in [1.165, 1.54) is 28.8 Å². The van der Waals surface area contributed by atoms with Crippen LogP contribution in [-0.4, -0.2) is 90.6 Å². The van der Waals surface area contributed by atoms with Crippen molar-refractivity contribution < 1.29 is 24.3 Å². The lowest BCUT2D eigenvalue weighted by molar-refractivity contribution is -0.125. The average molecular weight is 814 g/mol. The number of carbonyl (C=O) groups excluding carboxylic acids is 4. The van der Waals surface area contributed by atoms with E-state index in [4.69, 9.17) is 0 Å². The molecule has 10 heteroatoms. The fourth-order valence-corrected chi connectivity index (χ4v) is 9.70. The molecule has 0 bridgehead atoms. The standard InChI is InChI=1S/C50H63N5O5/c1-7-8-10-33(2)35(4)48(45-21-20-44(58)27-34(45)3)36-12-16-42(17-13-36)54-24-22-41(23-25-54)52-40-14-18-43(19-15-40)55-30-37-28-39(32-57)46(29-38(37)31-55)50(60)53(6)47(11-9-26-56)49(59)51-5/h7-8,10,12-13,16-17,20-21,26-29,32,35,40-41,43,47-48,52,58H,1-2,9,11,14-15,18-19,22-25,30-31H2,3-6H3,(H,51,59)/b10-8-/t35-,40?,43?,47?,48-/m1/s1. The summed E-state index contributed by atoms with van der Waals surface area (Å²) in [6.45, 7) is 16.0. The van der Waals surface area contributed by atoms with Crippen molar-refractivity contribution in [1.29, 1.82) is 0 Å². The summed E-state index contributed by atoms with van der Waals surface area (Å²) in [5, 5.41) is 16.7. The van der Waals surface area contributed by atoms with Crippen molar-refractivity contribution in [2.45, 2.75) is 108 Å². The Balaban J connectivity index is 1.01. The summed E-state index contributed by atoms with van der Waals surface area (Å²) in [5.74, 6) is -0.229. The van der Waals surface area contributed by atoms with Crippen LogP contribution in [0, 0.1) is 12.8 Å². The Labute approximate surface area is 356 Å². The highest BCUT2D eigenvalue weighted by Gasteiger charge is 2.34. The molecule has 3 aliphatic rings. The van der Waals surface area contributed by atoms with E-state index in [-0.39, 0.29) is 36.3 Å². The highest BCUT2D eigenvalue weighted by molar-refractivity contribution is 6.03. The number of aromatic hydroxyl groups is 1. The number of benzene rings is 3. The number of aldehydes is 2. The highest BCUT2D eigenvalue weighted by atomic mass is 16.3. The van der Waals surface area contributed by atoms with E-state index in [0.717, 1.165) is 99.5 Å². The van der Waals surface area contributed by atoms with Gasteiger partial charge in [0.15, 0.2) is 6.29 Å². The second-order valence-electron chi connectivity index (χ2n) is 17.0. The lowest BCUT2D eigenvalue weighted by Gasteiger charge is -2.39. The fourth-order valence-electron chi connectivity index (χ4n) is 9.70. The van der Waals surface area contributed by atoms with E-state index < -0.39 is 11.9 Å². The first-order valence-corrected chi connectivity index (χ1v) is 21.6. The molecule has 6 rings (SSSR count). The number of phenols is 1. The summed E-state index contributed by atoms with van der Waals surface area (Å²) in [6, 6.07) is 19.0. The Morgan fingerprint density at radius 2 is 1.62 bits per heavy atom. The zero-order valence-electron chi connectivity index (χ0n) is 35.9. The molecule has 3 aromatic rings. The van der Waals surface area contributed by atoms with Gasteiger partial charge in [-0.05, 0) is 122 Å². The number of hydrogen-bond acceptors (Lipinski definition) is 8. The molecule has 1 unspecified atom stereocenters. The van der Waals surface area contributed by atoms with Crippen molar-refractivity contribution in [2.24, 2.45) is 5.92 Å². The van der Waals surface area contributed by atoms with Gasteiger partial charge in [-0.1, -0.05) is 62.1 Å². The monoisotopic (exact) mass is 813 g/mol. The van der Waals surface area contributed by atoms with E-state index in [2.05, 4.69) is 71.7 Å². The number of anilines is 1. The zero-order valence-corrected chi connectivity index (χ0v) is 35.9. The maximum atomic E-state index is 13.6.